The largest absolute Gasteiger partial charge is 0.264 e. The van der Waals surface area contributed by atoms with Crippen LogP contribution in [0.3, 0.4) is 0 Å². The van der Waals surface area contributed by atoms with Crippen molar-refractivity contribution in [1.29, 1.82) is 0 Å². The summed E-state index contributed by atoms with van der Waals surface area (Å²) in [4.78, 5) is 4.07. The summed E-state index contributed by atoms with van der Waals surface area (Å²) >= 11 is 0. The van der Waals surface area contributed by atoms with Gasteiger partial charge in [0.1, 0.15) is 0 Å². The highest BCUT2D eigenvalue weighted by atomic mass is 14.6. The molecule has 1 radical (unpaired) electrons. The molecule has 0 fully saturated rings. The third-order valence-electron chi connectivity index (χ3n) is 2.10. The fourth-order valence-electron chi connectivity index (χ4n) is 1.35. The summed E-state index contributed by atoms with van der Waals surface area (Å²) in [7, 11) is 0. The van der Waals surface area contributed by atoms with E-state index < -0.39 is 0 Å². The summed E-state index contributed by atoms with van der Waals surface area (Å²) in [5.74, 6) is 0. The van der Waals surface area contributed by atoms with Gasteiger partial charge < -0.3 is 0 Å². The molecule has 0 spiro atoms. The lowest BCUT2D eigenvalue weighted by Gasteiger charge is -2.00. The lowest BCUT2D eigenvalue weighted by atomic mass is 10.1. The average molecular weight is 182 g/mol. The Hall–Kier alpha value is -1.63. The van der Waals surface area contributed by atoms with Gasteiger partial charge >= 0.3 is 0 Å². The molecular weight excluding hydrogens is 170 g/mol. The number of hydrogen-bond donors (Lipinski definition) is 0. The normalized spacial score (nSPS) is 10.0. The minimum Gasteiger partial charge on any atom is -0.264 e. The molecule has 0 aliphatic carbocycles. The van der Waals surface area contributed by atoms with E-state index in [1.807, 2.05) is 18.3 Å². The molecule has 14 heavy (non-hydrogen) atoms. The van der Waals surface area contributed by atoms with Gasteiger partial charge in [-0.15, -0.1) is 0 Å². The van der Waals surface area contributed by atoms with E-state index >= 15 is 0 Å². The Morgan fingerprint density at radius 3 is 2.57 bits per heavy atom. The van der Waals surface area contributed by atoms with Crippen LogP contribution >= 0.6 is 0 Å². The smallest absolute Gasteiger partial charge is 0.0303 e. The highest BCUT2D eigenvalue weighted by Crippen LogP contribution is 2.07. The number of benzene rings is 1. The molecule has 1 aromatic heterocycles. The van der Waals surface area contributed by atoms with Crippen LogP contribution in [0.15, 0.2) is 54.9 Å². The Bertz CT molecular complexity index is 327. The zero-order chi connectivity index (χ0) is 9.64. The second-order valence-electron chi connectivity index (χ2n) is 3.18. The zero-order valence-electron chi connectivity index (χ0n) is 7.93. The Morgan fingerprint density at radius 2 is 1.86 bits per heavy atom. The summed E-state index contributed by atoms with van der Waals surface area (Å²) < 4.78 is 0. The minimum absolute atomic E-state index is 0.965. The fourth-order valence-corrected chi connectivity index (χ4v) is 1.35. The molecule has 1 heterocycles. The number of rotatable bonds is 3. The minimum atomic E-state index is 0.965. The van der Waals surface area contributed by atoms with Crippen LogP contribution in [0, 0.1) is 6.42 Å². The Morgan fingerprint density at radius 1 is 1.00 bits per heavy atom. The molecule has 0 unspecified atom stereocenters. The Balaban J connectivity index is 1.96. The van der Waals surface area contributed by atoms with Gasteiger partial charge in [0, 0.05) is 12.4 Å². The van der Waals surface area contributed by atoms with E-state index in [4.69, 9.17) is 0 Å². The highest BCUT2D eigenvalue weighted by Gasteiger charge is 1.94. The van der Waals surface area contributed by atoms with Crippen molar-refractivity contribution < 1.29 is 0 Å². The second-order valence-corrected chi connectivity index (χ2v) is 3.18. The van der Waals surface area contributed by atoms with Crippen molar-refractivity contribution in [2.24, 2.45) is 0 Å². The number of aromatic nitrogens is 1. The maximum atomic E-state index is 4.07. The molecule has 1 aromatic carbocycles. The third kappa shape index (κ3) is 2.43. The van der Waals surface area contributed by atoms with Crippen molar-refractivity contribution in [2.45, 2.75) is 6.42 Å². The molecule has 1 heteroatoms. The van der Waals surface area contributed by atoms with Crippen LogP contribution in [0.5, 0.6) is 0 Å². The highest BCUT2D eigenvalue weighted by molar-refractivity contribution is 5.24. The third-order valence-corrected chi connectivity index (χ3v) is 2.10. The summed E-state index contributed by atoms with van der Waals surface area (Å²) in [6.07, 6.45) is 6.82. The molecule has 0 saturated carbocycles. The fraction of sp³-hybridized carbons (Fsp3) is 0.0769. The van der Waals surface area contributed by atoms with Crippen molar-refractivity contribution in [1.82, 2.24) is 4.98 Å². The topological polar surface area (TPSA) is 12.9 Å². The van der Waals surface area contributed by atoms with Crippen LogP contribution in [-0.2, 0) is 6.42 Å². The monoisotopic (exact) mass is 182 g/mol. The lowest BCUT2D eigenvalue weighted by Crippen LogP contribution is -1.88. The van der Waals surface area contributed by atoms with Crippen LogP contribution in [0.4, 0.5) is 0 Å². The first-order valence-corrected chi connectivity index (χ1v) is 4.72. The molecule has 0 bridgehead atoms. The molecule has 0 N–H and O–H groups in total. The molecule has 2 aromatic rings. The van der Waals surface area contributed by atoms with E-state index in [-0.39, 0.29) is 0 Å². The van der Waals surface area contributed by atoms with Gasteiger partial charge in [0.2, 0.25) is 0 Å². The first-order valence-electron chi connectivity index (χ1n) is 4.72. The summed E-state index contributed by atoms with van der Waals surface area (Å²) in [5, 5.41) is 0. The van der Waals surface area contributed by atoms with Gasteiger partial charge in [0.05, 0.1) is 0 Å². The van der Waals surface area contributed by atoms with E-state index in [1.165, 1.54) is 11.1 Å². The van der Waals surface area contributed by atoms with Crippen molar-refractivity contribution in [3.8, 4) is 0 Å². The summed E-state index contributed by atoms with van der Waals surface area (Å²) in [6.45, 7) is 0. The Labute approximate surface area is 84.4 Å². The van der Waals surface area contributed by atoms with E-state index in [0.29, 0.717) is 0 Å². The van der Waals surface area contributed by atoms with Gasteiger partial charge in [-0.3, -0.25) is 4.98 Å². The lowest BCUT2D eigenvalue weighted by molar-refractivity contribution is 1.14. The number of nitrogens with zero attached hydrogens (tertiary/aromatic N) is 1. The quantitative estimate of drug-likeness (QED) is 0.711. The molecule has 0 amide bonds. The second kappa shape index (κ2) is 4.56. The van der Waals surface area contributed by atoms with Gasteiger partial charge in [-0.1, -0.05) is 36.4 Å². The molecule has 2 rings (SSSR count). The van der Waals surface area contributed by atoms with Crippen molar-refractivity contribution in [3.63, 3.8) is 0 Å². The number of pyridine rings is 1. The standard InChI is InChI=1S/C13H12N/c1-2-5-12(6-3-1)8-9-13-7-4-10-14-11-13/h1-7,9-11H,8H2. The van der Waals surface area contributed by atoms with E-state index in [0.717, 1.165) is 6.42 Å². The van der Waals surface area contributed by atoms with Gasteiger partial charge in [-0.25, -0.2) is 0 Å². The Kier molecular flexibility index (Phi) is 2.92. The van der Waals surface area contributed by atoms with Gasteiger partial charge in [0.15, 0.2) is 0 Å². The maximum absolute atomic E-state index is 4.07. The summed E-state index contributed by atoms with van der Waals surface area (Å²) in [5.41, 5.74) is 2.51. The predicted molar refractivity (Wildman–Crippen MR) is 57.8 cm³/mol. The molecule has 0 atom stereocenters. The van der Waals surface area contributed by atoms with Crippen molar-refractivity contribution in [2.75, 3.05) is 0 Å². The zero-order valence-corrected chi connectivity index (χ0v) is 7.93. The molecular formula is C13H12N. The first-order chi connectivity index (χ1) is 6.95. The average Bonchev–Trinajstić information content (AvgIpc) is 2.29. The molecule has 69 valence electrons. The number of hydrogen-bond acceptors (Lipinski definition) is 1. The van der Waals surface area contributed by atoms with Crippen LogP contribution in [-0.4, -0.2) is 4.98 Å². The molecule has 1 nitrogen and oxygen atoms in total. The predicted octanol–water partition coefficient (Wildman–Crippen LogP) is 2.88. The van der Waals surface area contributed by atoms with Crippen LogP contribution in [0.25, 0.3) is 0 Å². The van der Waals surface area contributed by atoms with Crippen LogP contribution in [0.2, 0.25) is 0 Å². The van der Waals surface area contributed by atoms with Gasteiger partial charge in [-0.05, 0) is 30.0 Å². The van der Waals surface area contributed by atoms with E-state index in [2.05, 4.69) is 41.7 Å². The molecule has 0 saturated heterocycles. The first kappa shape index (κ1) is 8.95. The van der Waals surface area contributed by atoms with Gasteiger partial charge in [0.25, 0.3) is 0 Å². The molecule has 0 aliphatic heterocycles. The van der Waals surface area contributed by atoms with Crippen LogP contribution < -0.4 is 0 Å². The van der Waals surface area contributed by atoms with E-state index in [1.54, 1.807) is 6.20 Å². The van der Waals surface area contributed by atoms with Crippen molar-refractivity contribution >= 4 is 0 Å². The summed E-state index contributed by atoms with van der Waals surface area (Å²) in [6, 6.07) is 14.4. The van der Waals surface area contributed by atoms with Gasteiger partial charge in [-0.2, -0.15) is 0 Å². The van der Waals surface area contributed by atoms with E-state index in [9.17, 15) is 0 Å². The maximum Gasteiger partial charge on any atom is 0.0303 e. The SMILES string of the molecule is [CH](Cc1ccccc1)c1cccnc1. The molecule has 0 aliphatic rings. The van der Waals surface area contributed by atoms with Crippen LogP contribution in [0.1, 0.15) is 11.1 Å². The van der Waals surface area contributed by atoms with Crippen molar-refractivity contribution in [3.05, 3.63) is 72.4 Å².